The quantitative estimate of drug-likeness (QED) is 0.926. The Morgan fingerprint density at radius 2 is 1.95 bits per heavy atom. The van der Waals surface area contributed by atoms with Crippen LogP contribution in [0.15, 0.2) is 24.4 Å². The SMILES string of the molecule is O=C(O)CCCc1cnc2cc3c(cc2c1)OCCO3. The summed E-state index contributed by atoms with van der Waals surface area (Å²) in [5.41, 5.74) is 1.90. The number of rotatable bonds is 4. The molecule has 1 aromatic carbocycles. The van der Waals surface area contributed by atoms with E-state index in [-0.39, 0.29) is 6.42 Å². The molecule has 0 radical (unpaired) electrons. The summed E-state index contributed by atoms with van der Waals surface area (Å²) in [7, 11) is 0. The first-order chi connectivity index (χ1) is 9.72. The summed E-state index contributed by atoms with van der Waals surface area (Å²) in [5.74, 6) is 0.710. The maximum absolute atomic E-state index is 10.5. The van der Waals surface area contributed by atoms with Gasteiger partial charge in [0.2, 0.25) is 0 Å². The predicted octanol–water partition coefficient (Wildman–Crippen LogP) is 2.41. The first kappa shape index (κ1) is 12.7. The van der Waals surface area contributed by atoms with E-state index >= 15 is 0 Å². The molecule has 1 N–H and O–H groups in total. The third kappa shape index (κ3) is 2.66. The third-order valence-corrected chi connectivity index (χ3v) is 3.26. The molecule has 20 heavy (non-hydrogen) atoms. The second kappa shape index (κ2) is 5.36. The van der Waals surface area contributed by atoms with Crippen LogP contribution < -0.4 is 9.47 Å². The van der Waals surface area contributed by atoms with Crippen LogP contribution in [0.25, 0.3) is 10.9 Å². The zero-order chi connectivity index (χ0) is 13.9. The molecule has 0 spiro atoms. The van der Waals surface area contributed by atoms with Crippen molar-refractivity contribution < 1.29 is 19.4 Å². The molecule has 0 unspecified atom stereocenters. The normalized spacial score (nSPS) is 13.4. The highest BCUT2D eigenvalue weighted by Crippen LogP contribution is 2.34. The van der Waals surface area contributed by atoms with Crippen LogP contribution >= 0.6 is 0 Å². The van der Waals surface area contributed by atoms with E-state index in [2.05, 4.69) is 4.98 Å². The lowest BCUT2D eigenvalue weighted by Crippen LogP contribution is -2.15. The molecule has 5 heteroatoms. The van der Waals surface area contributed by atoms with Gasteiger partial charge in [0.1, 0.15) is 13.2 Å². The van der Waals surface area contributed by atoms with Crippen LogP contribution in [0.2, 0.25) is 0 Å². The minimum Gasteiger partial charge on any atom is -0.486 e. The Kier molecular flexibility index (Phi) is 3.41. The van der Waals surface area contributed by atoms with Crippen molar-refractivity contribution in [2.75, 3.05) is 13.2 Å². The molecule has 3 rings (SSSR count). The topological polar surface area (TPSA) is 68.7 Å². The highest BCUT2D eigenvalue weighted by Gasteiger charge is 2.13. The fourth-order valence-corrected chi connectivity index (χ4v) is 2.29. The van der Waals surface area contributed by atoms with Crippen molar-refractivity contribution in [3.05, 3.63) is 30.0 Å². The zero-order valence-electron chi connectivity index (χ0n) is 11.0. The van der Waals surface area contributed by atoms with Crippen molar-refractivity contribution in [2.45, 2.75) is 19.3 Å². The van der Waals surface area contributed by atoms with E-state index in [0.717, 1.165) is 28.0 Å². The average molecular weight is 273 g/mol. The van der Waals surface area contributed by atoms with Crippen LogP contribution in [-0.2, 0) is 11.2 Å². The Hall–Kier alpha value is -2.30. The summed E-state index contributed by atoms with van der Waals surface area (Å²) < 4.78 is 11.1. The molecule has 1 aromatic heterocycles. The van der Waals surface area contributed by atoms with Crippen LogP contribution in [-0.4, -0.2) is 29.3 Å². The lowest BCUT2D eigenvalue weighted by atomic mass is 10.1. The summed E-state index contributed by atoms with van der Waals surface area (Å²) in [6.07, 6.45) is 3.30. The summed E-state index contributed by atoms with van der Waals surface area (Å²) in [5, 5.41) is 9.64. The van der Waals surface area contributed by atoms with Crippen LogP contribution in [0.4, 0.5) is 0 Å². The predicted molar refractivity (Wildman–Crippen MR) is 73.3 cm³/mol. The molecule has 2 aromatic rings. The minimum absolute atomic E-state index is 0.180. The van der Waals surface area contributed by atoms with Crippen molar-refractivity contribution >= 4 is 16.9 Å². The lowest BCUT2D eigenvalue weighted by Gasteiger charge is -2.18. The first-order valence-corrected chi connectivity index (χ1v) is 6.62. The van der Waals surface area contributed by atoms with E-state index in [1.165, 1.54) is 0 Å². The van der Waals surface area contributed by atoms with E-state index in [0.29, 0.717) is 26.1 Å². The Balaban J connectivity index is 1.84. The van der Waals surface area contributed by atoms with Crippen LogP contribution in [0.5, 0.6) is 11.5 Å². The molecular weight excluding hydrogens is 258 g/mol. The Bertz CT molecular complexity index is 654. The molecular formula is C15H15NO4. The second-order valence-corrected chi connectivity index (χ2v) is 4.78. The number of hydrogen-bond acceptors (Lipinski definition) is 4. The van der Waals surface area contributed by atoms with Gasteiger partial charge in [-0.05, 0) is 30.5 Å². The van der Waals surface area contributed by atoms with E-state index in [4.69, 9.17) is 14.6 Å². The fourth-order valence-electron chi connectivity index (χ4n) is 2.29. The van der Waals surface area contributed by atoms with Gasteiger partial charge < -0.3 is 14.6 Å². The van der Waals surface area contributed by atoms with Gasteiger partial charge in [0.05, 0.1) is 5.52 Å². The summed E-state index contributed by atoms with van der Waals surface area (Å²) in [4.78, 5) is 14.9. The van der Waals surface area contributed by atoms with Gasteiger partial charge in [-0.3, -0.25) is 9.78 Å². The molecule has 0 fully saturated rings. The van der Waals surface area contributed by atoms with E-state index in [1.807, 2.05) is 18.2 Å². The van der Waals surface area contributed by atoms with Crippen molar-refractivity contribution in [1.82, 2.24) is 4.98 Å². The number of pyridine rings is 1. The number of carboxylic acid groups (broad SMARTS) is 1. The molecule has 0 aliphatic carbocycles. The van der Waals surface area contributed by atoms with Gasteiger partial charge >= 0.3 is 5.97 Å². The molecule has 0 atom stereocenters. The van der Waals surface area contributed by atoms with Crippen molar-refractivity contribution in [1.29, 1.82) is 0 Å². The summed E-state index contributed by atoms with van der Waals surface area (Å²) >= 11 is 0. The monoisotopic (exact) mass is 273 g/mol. The standard InChI is InChI=1S/C15H15NO4/c17-15(18)3-1-2-10-6-11-7-13-14(20-5-4-19-13)8-12(11)16-9-10/h6-9H,1-5H2,(H,17,18). The van der Waals surface area contributed by atoms with Gasteiger partial charge in [0.25, 0.3) is 0 Å². The zero-order valence-corrected chi connectivity index (χ0v) is 11.0. The Morgan fingerprint density at radius 3 is 2.70 bits per heavy atom. The molecule has 0 bridgehead atoms. The van der Waals surface area contributed by atoms with Crippen LogP contribution in [0.3, 0.4) is 0 Å². The molecule has 2 heterocycles. The number of benzene rings is 1. The highest BCUT2D eigenvalue weighted by atomic mass is 16.6. The van der Waals surface area contributed by atoms with Gasteiger partial charge in [-0.15, -0.1) is 0 Å². The average Bonchev–Trinajstić information content (AvgIpc) is 2.44. The number of nitrogens with zero attached hydrogens (tertiary/aromatic N) is 1. The molecule has 1 aliphatic rings. The third-order valence-electron chi connectivity index (χ3n) is 3.26. The van der Waals surface area contributed by atoms with Crippen molar-refractivity contribution in [3.8, 4) is 11.5 Å². The number of hydrogen-bond donors (Lipinski definition) is 1. The number of fused-ring (bicyclic) bond motifs is 2. The maximum Gasteiger partial charge on any atom is 0.303 e. The number of ether oxygens (including phenoxy) is 2. The van der Waals surface area contributed by atoms with E-state index in [1.54, 1.807) is 6.20 Å². The van der Waals surface area contributed by atoms with Gasteiger partial charge in [-0.2, -0.15) is 0 Å². The number of aliphatic carboxylic acids is 1. The molecule has 5 nitrogen and oxygen atoms in total. The van der Waals surface area contributed by atoms with Gasteiger partial charge in [-0.1, -0.05) is 0 Å². The number of aryl methyl sites for hydroxylation is 1. The molecule has 0 saturated heterocycles. The maximum atomic E-state index is 10.5. The molecule has 104 valence electrons. The largest absolute Gasteiger partial charge is 0.486 e. The lowest BCUT2D eigenvalue weighted by molar-refractivity contribution is -0.137. The summed E-state index contributed by atoms with van der Waals surface area (Å²) in [6, 6.07) is 5.84. The van der Waals surface area contributed by atoms with Crippen LogP contribution in [0, 0.1) is 0 Å². The second-order valence-electron chi connectivity index (χ2n) is 4.78. The van der Waals surface area contributed by atoms with Crippen molar-refractivity contribution in [2.24, 2.45) is 0 Å². The van der Waals surface area contributed by atoms with Crippen LogP contribution in [0.1, 0.15) is 18.4 Å². The number of aromatic nitrogens is 1. The fraction of sp³-hybridized carbons (Fsp3) is 0.333. The highest BCUT2D eigenvalue weighted by molar-refractivity contribution is 5.83. The van der Waals surface area contributed by atoms with Crippen molar-refractivity contribution in [3.63, 3.8) is 0 Å². The van der Waals surface area contributed by atoms with Gasteiger partial charge in [-0.25, -0.2) is 0 Å². The first-order valence-electron chi connectivity index (χ1n) is 6.62. The molecule has 0 saturated carbocycles. The Labute approximate surface area is 116 Å². The number of carboxylic acids is 1. The smallest absolute Gasteiger partial charge is 0.303 e. The molecule has 1 aliphatic heterocycles. The van der Waals surface area contributed by atoms with Gasteiger partial charge in [0.15, 0.2) is 11.5 Å². The minimum atomic E-state index is -0.765. The van der Waals surface area contributed by atoms with E-state index < -0.39 is 5.97 Å². The van der Waals surface area contributed by atoms with E-state index in [9.17, 15) is 4.79 Å². The Morgan fingerprint density at radius 1 is 1.20 bits per heavy atom. The summed E-state index contributed by atoms with van der Waals surface area (Å²) in [6.45, 7) is 1.12. The number of carbonyl (C=O) groups is 1. The van der Waals surface area contributed by atoms with Gasteiger partial charge in [0, 0.05) is 24.1 Å². The molecule has 0 amide bonds.